The molecule has 2 N–H and O–H groups in total. The van der Waals surface area contributed by atoms with Crippen molar-refractivity contribution in [2.75, 3.05) is 11.9 Å². The number of hydrogen-bond donors (Lipinski definition) is 2. The van der Waals surface area contributed by atoms with Crippen LogP contribution in [0.2, 0.25) is 0 Å². The van der Waals surface area contributed by atoms with Gasteiger partial charge in [0.1, 0.15) is 0 Å². The fourth-order valence-electron chi connectivity index (χ4n) is 2.56. The number of anilines is 1. The number of rotatable bonds is 7. The van der Waals surface area contributed by atoms with E-state index < -0.39 is 10.0 Å². The molecule has 0 atom stereocenters. The molecular weight excluding hydrogens is 364 g/mol. The number of amides is 1. The lowest BCUT2D eigenvalue weighted by Crippen LogP contribution is -2.23. The first kappa shape index (κ1) is 18.8. The van der Waals surface area contributed by atoms with E-state index in [0.717, 1.165) is 5.56 Å². The molecule has 1 heterocycles. The molecule has 3 aromatic rings. The summed E-state index contributed by atoms with van der Waals surface area (Å²) < 4.78 is 28.4. The van der Waals surface area contributed by atoms with E-state index in [1.807, 2.05) is 29.1 Å². The zero-order chi connectivity index (χ0) is 19.3. The van der Waals surface area contributed by atoms with Crippen LogP contribution in [-0.4, -0.2) is 30.7 Å². The fraction of sp³-hybridized carbons (Fsp3) is 0.158. The highest BCUT2D eigenvalue weighted by atomic mass is 32.2. The zero-order valence-corrected chi connectivity index (χ0v) is 15.6. The molecule has 0 aliphatic heterocycles. The number of nitrogens with zero attached hydrogens (tertiary/aromatic N) is 2. The Morgan fingerprint density at radius 1 is 1.11 bits per heavy atom. The van der Waals surface area contributed by atoms with E-state index in [9.17, 15) is 13.2 Å². The third-order valence-electron chi connectivity index (χ3n) is 3.86. The van der Waals surface area contributed by atoms with Gasteiger partial charge in [-0.05, 0) is 42.0 Å². The maximum atomic E-state index is 12.5. The molecule has 0 unspecified atom stereocenters. The van der Waals surface area contributed by atoms with Gasteiger partial charge in [-0.1, -0.05) is 25.1 Å². The van der Waals surface area contributed by atoms with Crippen LogP contribution in [0.5, 0.6) is 0 Å². The van der Waals surface area contributed by atoms with Crippen molar-refractivity contribution in [2.24, 2.45) is 0 Å². The summed E-state index contributed by atoms with van der Waals surface area (Å²) in [4.78, 5) is 12.5. The van der Waals surface area contributed by atoms with Gasteiger partial charge in [0.05, 0.1) is 11.4 Å². The first-order valence-electron chi connectivity index (χ1n) is 8.45. The standard InChI is InChI=1S/C19H20N4O3S/c1-2-21-27(25,26)18-6-3-5-16(13-18)19(24)22-17-9-7-15(8-10-17)14-23-12-4-11-20-23/h3-13,21H,2,14H2,1H3,(H,22,24). The first-order chi connectivity index (χ1) is 13.0. The monoisotopic (exact) mass is 384 g/mol. The van der Waals surface area contributed by atoms with Crippen molar-refractivity contribution in [1.29, 1.82) is 0 Å². The number of sulfonamides is 1. The van der Waals surface area contributed by atoms with Crippen LogP contribution in [0.1, 0.15) is 22.8 Å². The van der Waals surface area contributed by atoms with Crippen molar-refractivity contribution in [1.82, 2.24) is 14.5 Å². The van der Waals surface area contributed by atoms with E-state index in [1.165, 1.54) is 12.1 Å². The number of carbonyl (C=O) groups is 1. The third kappa shape index (κ3) is 4.81. The van der Waals surface area contributed by atoms with Gasteiger partial charge in [-0.3, -0.25) is 9.48 Å². The highest BCUT2D eigenvalue weighted by Crippen LogP contribution is 2.15. The summed E-state index contributed by atoms with van der Waals surface area (Å²) >= 11 is 0. The van der Waals surface area contributed by atoms with E-state index >= 15 is 0 Å². The van der Waals surface area contributed by atoms with Crippen molar-refractivity contribution in [2.45, 2.75) is 18.4 Å². The Hall–Kier alpha value is -2.97. The lowest BCUT2D eigenvalue weighted by atomic mass is 10.2. The quantitative estimate of drug-likeness (QED) is 0.654. The molecule has 0 saturated carbocycles. The molecule has 140 valence electrons. The molecule has 0 aliphatic rings. The Balaban J connectivity index is 1.70. The summed E-state index contributed by atoms with van der Waals surface area (Å²) in [5.41, 5.74) is 1.95. The maximum absolute atomic E-state index is 12.5. The number of nitrogens with one attached hydrogen (secondary N) is 2. The van der Waals surface area contributed by atoms with Crippen molar-refractivity contribution in [3.8, 4) is 0 Å². The number of carbonyl (C=O) groups excluding carboxylic acids is 1. The van der Waals surface area contributed by atoms with Crippen molar-refractivity contribution < 1.29 is 13.2 Å². The Labute approximate surface area is 158 Å². The second kappa shape index (κ2) is 8.15. The predicted octanol–water partition coefficient (Wildman–Crippen LogP) is 2.48. The second-order valence-corrected chi connectivity index (χ2v) is 7.65. The van der Waals surface area contributed by atoms with Gasteiger partial charge in [0, 0.05) is 30.2 Å². The summed E-state index contributed by atoms with van der Waals surface area (Å²) in [5.74, 6) is -0.372. The number of hydrogen-bond acceptors (Lipinski definition) is 4. The SMILES string of the molecule is CCNS(=O)(=O)c1cccc(C(=O)Nc2ccc(Cn3cccn3)cc2)c1. The van der Waals surface area contributed by atoms with E-state index in [2.05, 4.69) is 15.1 Å². The molecule has 1 aromatic heterocycles. The molecule has 2 aromatic carbocycles. The third-order valence-corrected chi connectivity index (χ3v) is 5.40. The fourth-order valence-corrected chi connectivity index (χ4v) is 3.64. The summed E-state index contributed by atoms with van der Waals surface area (Å²) in [6.45, 7) is 2.62. The largest absolute Gasteiger partial charge is 0.322 e. The normalized spacial score (nSPS) is 11.3. The Bertz CT molecular complexity index is 1010. The van der Waals surface area contributed by atoms with Crippen molar-refractivity contribution >= 4 is 21.6 Å². The topological polar surface area (TPSA) is 93.1 Å². The van der Waals surface area contributed by atoms with Gasteiger partial charge in [0.25, 0.3) is 5.91 Å². The average Bonchev–Trinajstić information content (AvgIpc) is 3.16. The van der Waals surface area contributed by atoms with Crippen LogP contribution >= 0.6 is 0 Å². The van der Waals surface area contributed by atoms with E-state index in [-0.39, 0.29) is 22.9 Å². The zero-order valence-electron chi connectivity index (χ0n) is 14.8. The van der Waals surface area contributed by atoms with Gasteiger partial charge in [0.2, 0.25) is 10.0 Å². The van der Waals surface area contributed by atoms with Crippen LogP contribution in [0.3, 0.4) is 0 Å². The predicted molar refractivity (Wildman–Crippen MR) is 103 cm³/mol. The molecule has 0 spiro atoms. The Morgan fingerprint density at radius 3 is 2.56 bits per heavy atom. The first-order valence-corrected chi connectivity index (χ1v) is 9.94. The Kier molecular flexibility index (Phi) is 5.68. The van der Waals surface area contributed by atoms with Crippen molar-refractivity contribution in [3.05, 3.63) is 78.1 Å². The van der Waals surface area contributed by atoms with E-state index in [1.54, 1.807) is 37.4 Å². The summed E-state index contributed by atoms with van der Waals surface area (Å²) in [6, 6.07) is 15.2. The smallest absolute Gasteiger partial charge is 0.255 e. The van der Waals surface area contributed by atoms with Gasteiger partial charge in [-0.25, -0.2) is 13.1 Å². The minimum Gasteiger partial charge on any atom is -0.322 e. The molecular formula is C19H20N4O3S. The van der Waals surface area contributed by atoms with Crippen LogP contribution in [0.15, 0.2) is 71.9 Å². The van der Waals surface area contributed by atoms with Gasteiger partial charge >= 0.3 is 0 Å². The average molecular weight is 384 g/mol. The maximum Gasteiger partial charge on any atom is 0.255 e. The molecule has 0 bridgehead atoms. The van der Waals surface area contributed by atoms with Gasteiger partial charge in [0.15, 0.2) is 0 Å². The van der Waals surface area contributed by atoms with Gasteiger partial charge < -0.3 is 5.32 Å². The summed E-state index contributed by atoms with van der Waals surface area (Å²) in [7, 11) is -3.61. The molecule has 0 aliphatic carbocycles. The molecule has 7 nitrogen and oxygen atoms in total. The van der Waals surface area contributed by atoms with Crippen molar-refractivity contribution in [3.63, 3.8) is 0 Å². The highest BCUT2D eigenvalue weighted by molar-refractivity contribution is 7.89. The number of benzene rings is 2. The Morgan fingerprint density at radius 2 is 1.89 bits per heavy atom. The van der Waals surface area contributed by atoms with E-state index in [0.29, 0.717) is 12.2 Å². The van der Waals surface area contributed by atoms with Crippen LogP contribution in [-0.2, 0) is 16.6 Å². The summed E-state index contributed by atoms with van der Waals surface area (Å²) in [6.07, 6.45) is 3.60. The highest BCUT2D eigenvalue weighted by Gasteiger charge is 2.15. The minimum atomic E-state index is -3.61. The lowest BCUT2D eigenvalue weighted by molar-refractivity contribution is 0.102. The van der Waals surface area contributed by atoms with Crippen LogP contribution in [0.25, 0.3) is 0 Å². The minimum absolute atomic E-state index is 0.0616. The lowest BCUT2D eigenvalue weighted by Gasteiger charge is -2.09. The molecule has 0 saturated heterocycles. The van der Waals surface area contributed by atoms with Crippen LogP contribution in [0, 0.1) is 0 Å². The van der Waals surface area contributed by atoms with Gasteiger partial charge in [-0.2, -0.15) is 5.10 Å². The molecule has 3 rings (SSSR count). The van der Waals surface area contributed by atoms with Crippen LogP contribution in [0.4, 0.5) is 5.69 Å². The molecule has 27 heavy (non-hydrogen) atoms. The molecule has 1 amide bonds. The van der Waals surface area contributed by atoms with E-state index in [4.69, 9.17) is 0 Å². The van der Waals surface area contributed by atoms with Gasteiger partial charge in [-0.15, -0.1) is 0 Å². The summed E-state index contributed by atoms with van der Waals surface area (Å²) in [5, 5.41) is 6.93. The molecule has 0 fully saturated rings. The molecule has 8 heteroatoms. The van der Waals surface area contributed by atoms with Crippen LogP contribution < -0.4 is 10.0 Å². The number of aromatic nitrogens is 2. The molecule has 0 radical (unpaired) electrons. The second-order valence-electron chi connectivity index (χ2n) is 5.88.